The smallest absolute Gasteiger partial charge is 0.396 e. The molecule has 1 aliphatic rings. The van der Waals surface area contributed by atoms with Crippen molar-refractivity contribution in [1.82, 2.24) is 19.8 Å². The van der Waals surface area contributed by atoms with Crippen LogP contribution in [0.5, 0.6) is 5.75 Å². The topological polar surface area (TPSA) is 55.5 Å². The summed E-state index contributed by atoms with van der Waals surface area (Å²) in [6, 6.07) is 13.0. The molecule has 0 radical (unpaired) electrons. The molecule has 0 spiro atoms. The van der Waals surface area contributed by atoms with Crippen molar-refractivity contribution in [2.75, 3.05) is 18.1 Å². The molecule has 0 amide bonds. The van der Waals surface area contributed by atoms with Gasteiger partial charge in [0.2, 0.25) is 0 Å². The highest BCUT2D eigenvalue weighted by atomic mass is 19.4. The van der Waals surface area contributed by atoms with E-state index in [1.54, 1.807) is 12.1 Å². The van der Waals surface area contributed by atoms with Crippen LogP contribution < -0.4 is 9.64 Å². The monoisotopic (exact) mass is 377 g/mol. The summed E-state index contributed by atoms with van der Waals surface area (Å²) in [5.74, 6) is 1.18. The van der Waals surface area contributed by atoms with E-state index < -0.39 is 12.6 Å². The molecule has 1 atom stereocenters. The second kappa shape index (κ2) is 7.05. The first-order chi connectivity index (χ1) is 13.0. The first-order valence-corrected chi connectivity index (χ1v) is 8.72. The van der Waals surface area contributed by atoms with Crippen molar-refractivity contribution in [2.24, 2.45) is 0 Å². The maximum absolute atomic E-state index is 12.7. The van der Waals surface area contributed by atoms with Gasteiger partial charge in [-0.1, -0.05) is 18.2 Å². The van der Waals surface area contributed by atoms with E-state index in [1.807, 2.05) is 30.3 Å². The van der Waals surface area contributed by atoms with Crippen LogP contribution in [0.15, 0.2) is 42.5 Å². The third kappa shape index (κ3) is 3.96. The Morgan fingerprint density at radius 3 is 2.67 bits per heavy atom. The van der Waals surface area contributed by atoms with Gasteiger partial charge in [0, 0.05) is 6.54 Å². The van der Waals surface area contributed by atoms with Crippen LogP contribution in [-0.4, -0.2) is 45.2 Å². The predicted molar refractivity (Wildman–Crippen MR) is 92.8 cm³/mol. The molecular weight excluding hydrogens is 359 g/mol. The van der Waals surface area contributed by atoms with Gasteiger partial charge in [0.1, 0.15) is 24.6 Å². The molecule has 0 unspecified atom stereocenters. The number of aromatic nitrogens is 4. The summed E-state index contributed by atoms with van der Waals surface area (Å²) in [5, 5.41) is 11.8. The largest absolute Gasteiger partial charge is 0.491 e. The number of hydrogen-bond donors (Lipinski definition) is 0. The van der Waals surface area contributed by atoms with E-state index in [0.717, 1.165) is 25.1 Å². The molecule has 1 aromatic carbocycles. The lowest BCUT2D eigenvalue weighted by Crippen LogP contribution is -2.35. The number of hydrogen-bond acceptors (Lipinski definition) is 5. The van der Waals surface area contributed by atoms with Crippen LogP contribution in [0, 0.1) is 0 Å². The normalized spacial score (nSPS) is 17.6. The molecule has 0 bridgehead atoms. The van der Waals surface area contributed by atoms with Gasteiger partial charge in [-0.05, 0) is 37.1 Å². The van der Waals surface area contributed by atoms with E-state index in [9.17, 15) is 13.2 Å². The number of para-hydroxylation sites is 1. The summed E-state index contributed by atoms with van der Waals surface area (Å²) < 4.78 is 45.2. The van der Waals surface area contributed by atoms with Gasteiger partial charge >= 0.3 is 6.18 Å². The number of nitrogens with zero attached hydrogens (tertiary/aromatic N) is 5. The number of halogens is 3. The second-order valence-electron chi connectivity index (χ2n) is 6.48. The van der Waals surface area contributed by atoms with Crippen molar-refractivity contribution in [2.45, 2.75) is 31.5 Å². The Hall–Kier alpha value is -2.84. The molecular formula is C18H18F3N5O. The van der Waals surface area contributed by atoms with Crippen molar-refractivity contribution >= 4 is 11.5 Å². The summed E-state index contributed by atoms with van der Waals surface area (Å²) in [6.07, 6.45) is -3.62. The lowest BCUT2D eigenvalue weighted by Gasteiger charge is -2.25. The molecule has 27 heavy (non-hydrogen) atoms. The van der Waals surface area contributed by atoms with E-state index in [4.69, 9.17) is 4.74 Å². The molecule has 1 fully saturated rings. The minimum atomic E-state index is -4.36. The second-order valence-corrected chi connectivity index (χ2v) is 6.48. The molecule has 4 rings (SSSR count). The third-order valence-corrected chi connectivity index (χ3v) is 4.53. The molecule has 9 heteroatoms. The van der Waals surface area contributed by atoms with E-state index in [-0.39, 0.29) is 11.9 Å². The molecule has 3 heterocycles. The van der Waals surface area contributed by atoms with Crippen LogP contribution in [0.1, 0.15) is 18.7 Å². The first-order valence-electron chi connectivity index (χ1n) is 8.72. The number of alkyl halides is 3. The highest BCUT2D eigenvalue weighted by Crippen LogP contribution is 2.26. The maximum Gasteiger partial charge on any atom is 0.396 e. The van der Waals surface area contributed by atoms with Gasteiger partial charge in [0.25, 0.3) is 0 Å². The van der Waals surface area contributed by atoms with Crippen molar-refractivity contribution in [1.29, 1.82) is 0 Å². The van der Waals surface area contributed by atoms with Crippen LogP contribution in [0.2, 0.25) is 0 Å². The zero-order valence-corrected chi connectivity index (χ0v) is 14.4. The molecule has 0 N–H and O–H groups in total. The predicted octanol–water partition coefficient (Wildman–Crippen LogP) is 3.28. The summed E-state index contributed by atoms with van der Waals surface area (Å²) in [4.78, 5) is 2.07. The Bertz CT molecular complexity index is 912. The van der Waals surface area contributed by atoms with Crippen molar-refractivity contribution in [3.63, 3.8) is 0 Å². The van der Waals surface area contributed by atoms with Crippen molar-refractivity contribution in [3.8, 4) is 5.75 Å². The fraction of sp³-hybridized carbons (Fsp3) is 0.389. The van der Waals surface area contributed by atoms with Crippen LogP contribution in [0.4, 0.5) is 19.0 Å². The van der Waals surface area contributed by atoms with E-state index >= 15 is 0 Å². The SMILES string of the molecule is FC(F)(F)Cc1nnc2ccc(N3CCC[C@@H]3COc3ccccc3)nn12. The average molecular weight is 377 g/mol. The lowest BCUT2D eigenvalue weighted by atomic mass is 10.2. The molecule has 6 nitrogen and oxygen atoms in total. The molecule has 3 aromatic rings. The van der Waals surface area contributed by atoms with Crippen molar-refractivity contribution < 1.29 is 17.9 Å². The van der Waals surface area contributed by atoms with Crippen LogP contribution >= 0.6 is 0 Å². The summed E-state index contributed by atoms with van der Waals surface area (Å²) in [6.45, 7) is 1.26. The number of rotatable bonds is 5. The number of fused-ring (bicyclic) bond motifs is 1. The van der Waals surface area contributed by atoms with E-state index in [1.165, 1.54) is 4.52 Å². The van der Waals surface area contributed by atoms with Crippen LogP contribution in [0.25, 0.3) is 5.65 Å². The molecule has 1 saturated heterocycles. The number of ether oxygens (including phenoxy) is 1. The molecule has 142 valence electrons. The highest BCUT2D eigenvalue weighted by molar-refractivity contribution is 5.47. The Morgan fingerprint density at radius 1 is 1.07 bits per heavy atom. The summed E-state index contributed by atoms with van der Waals surface area (Å²) >= 11 is 0. The zero-order chi connectivity index (χ0) is 18.9. The fourth-order valence-electron chi connectivity index (χ4n) is 3.29. The molecule has 0 aliphatic carbocycles. The van der Waals surface area contributed by atoms with E-state index in [2.05, 4.69) is 20.2 Å². The van der Waals surface area contributed by atoms with Gasteiger partial charge in [-0.2, -0.15) is 17.7 Å². The molecule has 0 saturated carbocycles. The van der Waals surface area contributed by atoms with Crippen molar-refractivity contribution in [3.05, 3.63) is 48.3 Å². The van der Waals surface area contributed by atoms with Gasteiger partial charge < -0.3 is 9.64 Å². The van der Waals surface area contributed by atoms with Crippen LogP contribution in [0.3, 0.4) is 0 Å². The standard InChI is InChI=1S/C18H18F3N5O/c19-18(20,21)11-17-23-22-15-8-9-16(24-26(15)17)25-10-4-5-13(25)12-27-14-6-2-1-3-7-14/h1-3,6-9,13H,4-5,10-12H2/t13-/m1/s1. The third-order valence-electron chi connectivity index (χ3n) is 4.53. The Balaban J connectivity index is 1.54. The van der Waals surface area contributed by atoms with Gasteiger partial charge in [-0.3, -0.25) is 0 Å². The van der Waals surface area contributed by atoms with Crippen LogP contribution in [-0.2, 0) is 6.42 Å². The average Bonchev–Trinajstić information content (AvgIpc) is 3.26. The number of benzene rings is 1. The minimum Gasteiger partial charge on any atom is -0.491 e. The summed E-state index contributed by atoms with van der Waals surface area (Å²) in [5.41, 5.74) is 0.300. The van der Waals surface area contributed by atoms with E-state index in [0.29, 0.717) is 18.1 Å². The minimum absolute atomic E-state index is 0.109. The Kier molecular flexibility index (Phi) is 4.59. The highest BCUT2D eigenvalue weighted by Gasteiger charge is 2.31. The molecule has 2 aromatic heterocycles. The fourth-order valence-corrected chi connectivity index (χ4v) is 3.29. The number of anilines is 1. The quantitative estimate of drug-likeness (QED) is 0.683. The first kappa shape index (κ1) is 17.6. The Morgan fingerprint density at radius 2 is 1.89 bits per heavy atom. The van der Waals surface area contributed by atoms with Gasteiger partial charge in [-0.25, -0.2) is 0 Å². The summed E-state index contributed by atoms with van der Waals surface area (Å²) in [7, 11) is 0. The lowest BCUT2D eigenvalue weighted by molar-refractivity contribution is -0.128. The van der Waals surface area contributed by atoms with Gasteiger partial charge in [0.05, 0.1) is 6.04 Å². The maximum atomic E-state index is 12.7. The molecule has 1 aliphatic heterocycles. The van der Waals surface area contributed by atoms with Gasteiger partial charge in [-0.15, -0.1) is 15.3 Å². The zero-order valence-electron chi connectivity index (χ0n) is 14.4. The Labute approximate surface area is 153 Å². The van der Waals surface area contributed by atoms with Gasteiger partial charge in [0.15, 0.2) is 11.5 Å².